The predicted molar refractivity (Wildman–Crippen MR) is 41.2 cm³/mol. The molecule has 0 rings (SSSR count). The molecule has 0 saturated heterocycles. The van der Waals surface area contributed by atoms with Crippen LogP contribution < -0.4 is 5.73 Å². The van der Waals surface area contributed by atoms with Gasteiger partial charge in [0.2, 0.25) is 0 Å². The fourth-order valence-electron chi connectivity index (χ4n) is 0.490. The van der Waals surface area contributed by atoms with Crippen molar-refractivity contribution < 1.29 is 0 Å². The Bertz CT molecular complexity index is 115. The third kappa shape index (κ3) is 3.85. The lowest BCUT2D eigenvalue weighted by Gasteiger charge is -1.91. The van der Waals surface area contributed by atoms with Gasteiger partial charge in [-0.25, -0.2) is 4.99 Å². The zero-order chi connectivity index (χ0) is 7.11. The van der Waals surface area contributed by atoms with E-state index in [2.05, 4.69) is 9.98 Å². The number of rotatable bonds is 2. The highest BCUT2D eigenvalue weighted by molar-refractivity contribution is 5.90. The number of aliphatic imine (C=N–C) groups is 2. The van der Waals surface area contributed by atoms with E-state index in [1.165, 1.54) is 0 Å². The van der Waals surface area contributed by atoms with E-state index in [1.807, 2.05) is 13.8 Å². The molecule has 0 aromatic rings. The van der Waals surface area contributed by atoms with Crippen LogP contribution in [0, 0.1) is 0 Å². The fraction of sp³-hybridized carbons (Fsp3) is 0.667. The van der Waals surface area contributed by atoms with Crippen molar-refractivity contribution in [3.63, 3.8) is 0 Å². The van der Waals surface area contributed by atoms with Crippen molar-refractivity contribution in [3.05, 3.63) is 0 Å². The SMILES string of the molecule is C/C=N\C(CN)=N/CC. The number of nitrogens with zero attached hydrogens (tertiary/aromatic N) is 2. The summed E-state index contributed by atoms with van der Waals surface area (Å²) in [6.07, 6.45) is 1.70. The van der Waals surface area contributed by atoms with E-state index in [1.54, 1.807) is 6.21 Å². The minimum Gasteiger partial charge on any atom is -0.324 e. The van der Waals surface area contributed by atoms with Gasteiger partial charge >= 0.3 is 0 Å². The van der Waals surface area contributed by atoms with Gasteiger partial charge in [0.05, 0.1) is 6.54 Å². The Kier molecular flexibility index (Phi) is 5.01. The van der Waals surface area contributed by atoms with E-state index in [-0.39, 0.29) is 0 Å². The van der Waals surface area contributed by atoms with Crippen LogP contribution in [0.3, 0.4) is 0 Å². The molecule has 52 valence electrons. The largest absolute Gasteiger partial charge is 0.324 e. The van der Waals surface area contributed by atoms with Crippen molar-refractivity contribution in [2.75, 3.05) is 13.1 Å². The number of nitrogens with two attached hydrogens (primary N) is 1. The second-order valence-electron chi connectivity index (χ2n) is 1.48. The molecule has 0 bridgehead atoms. The summed E-state index contributed by atoms with van der Waals surface area (Å²) in [7, 11) is 0. The third-order valence-corrected chi connectivity index (χ3v) is 0.801. The molecule has 0 spiro atoms. The molecule has 0 aromatic heterocycles. The molecule has 0 atom stereocenters. The van der Waals surface area contributed by atoms with Crippen LogP contribution in [-0.4, -0.2) is 25.1 Å². The van der Waals surface area contributed by atoms with E-state index >= 15 is 0 Å². The Balaban J connectivity index is 3.81. The van der Waals surface area contributed by atoms with Gasteiger partial charge in [0, 0.05) is 12.8 Å². The maximum absolute atomic E-state index is 5.30. The molecule has 0 aliphatic rings. The summed E-state index contributed by atoms with van der Waals surface area (Å²) in [4.78, 5) is 7.96. The molecule has 0 aromatic carbocycles. The molecule has 0 aliphatic heterocycles. The molecule has 0 amide bonds. The average molecular weight is 127 g/mol. The van der Waals surface area contributed by atoms with Crippen LogP contribution in [0.5, 0.6) is 0 Å². The van der Waals surface area contributed by atoms with Crippen molar-refractivity contribution in [1.82, 2.24) is 0 Å². The molecule has 0 radical (unpaired) electrons. The number of hydrogen-bond donors (Lipinski definition) is 1. The Morgan fingerprint density at radius 3 is 2.67 bits per heavy atom. The van der Waals surface area contributed by atoms with Gasteiger partial charge in [-0.05, 0) is 13.8 Å². The highest BCUT2D eigenvalue weighted by Crippen LogP contribution is 1.77. The monoisotopic (exact) mass is 127 g/mol. The van der Waals surface area contributed by atoms with Gasteiger partial charge < -0.3 is 5.73 Å². The minimum absolute atomic E-state index is 0.429. The summed E-state index contributed by atoms with van der Waals surface area (Å²) in [5.41, 5.74) is 5.30. The summed E-state index contributed by atoms with van der Waals surface area (Å²) >= 11 is 0. The van der Waals surface area contributed by atoms with Crippen molar-refractivity contribution in [1.29, 1.82) is 0 Å². The van der Waals surface area contributed by atoms with Crippen LogP contribution in [-0.2, 0) is 0 Å². The van der Waals surface area contributed by atoms with Gasteiger partial charge in [-0.2, -0.15) is 0 Å². The molecule has 0 fully saturated rings. The van der Waals surface area contributed by atoms with Gasteiger partial charge in [-0.3, -0.25) is 4.99 Å². The molecule has 9 heavy (non-hydrogen) atoms. The molecule has 0 unspecified atom stereocenters. The van der Waals surface area contributed by atoms with E-state index in [0.717, 1.165) is 12.4 Å². The molecule has 3 nitrogen and oxygen atoms in total. The molecule has 0 saturated carbocycles. The van der Waals surface area contributed by atoms with Crippen LogP contribution >= 0.6 is 0 Å². The van der Waals surface area contributed by atoms with Crippen LogP contribution in [0.1, 0.15) is 13.8 Å². The van der Waals surface area contributed by atoms with Crippen molar-refractivity contribution in [2.45, 2.75) is 13.8 Å². The van der Waals surface area contributed by atoms with Crippen LogP contribution in [0.25, 0.3) is 0 Å². The maximum atomic E-state index is 5.30. The van der Waals surface area contributed by atoms with E-state index in [9.17, 15) is 0 Å². The first-order chi connectivity index (χ1) is 4.35. The molecule has 2 N–H and O–H groups in total. The van der Waals surface area contributed by atoms with Crippen LogP contribution in [0.4, 0.5) is 0 Å². The molecule has 0 heterocycles. The highest BCUT2D eigenvalue weighted by Gasteiger charge is 1.85. The first-order valence-electron chi connectivity index (χ1n) is 3.07. The average Bonchev–Trinajstić information content (AvgIpc) is 1.88. The van der Waals surface area contributed by atoms with Crippen LogP contribution in [0.2, 0.25) is 0 Å². The molecular formula is C6H13N3. The van der Waals surface area contributed by atoms with Crippen molar-refractivity contribution in [3.8, 4) is 0 Å². The Labute approximate surface area is 55.7 Å². The molecule has 3 heteroatoms. The topological polar surface area (TPSA) is 50.7 Å². The van der Waals surface area contributed by atoms with Gasteiger partial charge in [0.25, 0.3) is 0 Å². The smallest absolute Gasteiger partial charge is 0.136 e. The molecule has 0 aliphatic carbocycles. The van der Waals surface area contributed by atoms with E-state index in [0.29, 0.717) is 6.54 Å². The maximum Gasteiger partial charge on any atom is 0.136 e. The minimum atomic E-state index is 0.429. The van der Waals surface area contributed by atoms with Gasteiger partial charge in [0.15, 0.2) is 0 Å². The fourth-order valence-corrected chi connectivity index (χ4v) is 0.490. The standard InChI is InChI=1S/C6H13N3/c1-3-8-6(5-7)9-4-2/h3H,4-5,7H2,1-2H3/b8-3-,9-6-. The lowest BCUT2D eigenvalue weighted by Crippen LogP contribution is -2.11. The zero-order valence-electron chi connectivity index (χ0n) is 5.96. The first-order valence-corrected chi connectivity index (χ1v) is 3.07. The van der Waals surface area contributed by atoms with Gasteiger partial charge in [0.1, 0.15) is 5.84 Å². The predicted octanol–water partition coefficient (Wildman–Crippen LogP) is 0.454. The summed E-state index contributed by atoms with van der Waals surface area (Å²) in [5.74, 6) is 0.722. The second kappa shape index (κ2) is 5.44. The highest BCUT2D eigenvalue weighted by atomic mass is 14.9. The van der Waals surface area contributed by atoms with E-state index < -0.39 is 0 Å². The van der Waals surface area contributed by atoms with Crippen molar-refractivity contribution in [2.24, 2.45) is 15.7 Å². The lowest BCUT2D eigenvalue weighted by atomic mass is 10.6. The Morgan fingerprint density at radius 2 is 2.33 bits per heavy atom. The second-order valence-corrected chi connectivity index (χ2v) is 1.48. The quantitative estimate of drug-likeness (QED) is 0.425. The Morgan fingerprint density at radius 1 is 1.67 bits per heavy atom. The number of amidine groups is 1. The normalized spacial score (nSPS) is 13.0. The van der Waals surface area contributed by atoms with Crippen LogP contribution in [0.15, 0.2) is 9.98 Å². The summed E-state index contributed by atoms with van der Waals surface area (Å²) < 4.78 is 0. The number of hydrogen-bond acceptors (Lipinski definition) is 2. The zero-order valence-corrected chi connectivity index (χ0v) is 5.96. The summed E-state index contributed by atoms with van der Waals surface area (Å²) in [6.45, 7) is 4.99. The van der Waals surface area contributed by atoms with Gasteiger partial charge in [-0.1, -0.05) is 0 Å². The van der Waals surface area contributed by atoms with Crippen molar-refractivity contribution >= 4 is 12.1 Å². The first kappa shape index (κ1) is 8.30. The lowest BCUT2D eigenvalue weighted by molar-refractivity contribution is 1.10. The third-order valence-electron chi connectivity index (χ3n) is 0.801. The van der Waals surface area contributed by atoms with Gasteiger partial charge in [-0.15, -0.1) is 0 Å². The summed E-state index contributed by atoms with van der Waals surface area (Å²) in [6, 6.07) is 0. The summed E-state index contributed by atoms with van der Waals surface area (Å²) in [5, 5.41) is 0. The van der Waals surface area contributed by atoms with E-state index in [4.69, 9.17) is 5.73 Å². The Hall–Kier alpha value is -0.700. The molecular weight excluding hydrogens is 114 g/mol.